The molecule has 2 fully saturated rings. The van der Waals surface area contributed by atoms with E-state index in [-0.39, 0.29) is 35.8 Å². The summed E-state index contributed by atoms with van der Waals surface area (Å²) in [5, 5.41) is 4.21. The number of carbonyl (C=O) groups excluding carboxylic acids is 2. The molecule has 1 aliphatic carbocycles. The van der Waals surface area contributed by atoms with Gasteiger partial charge in [-0.2, -0.15) is 5.10 Å². The molecule has 0 radical (unpaired) electrons. The van der Waals surface area contributed by atoms with Gasteiger partial charge in [0.25, 0.3) is 0 Å². The van der Waals surface area contributed by atoms with Crippen molar-refractivity contribution < 1.29 is 14.3 Å². The summed E-state index contributed by atoms with van der Waals surface area (Å²) in [5.41, 5.74) is 6.16. The molecule has 2 bridgehead atoms. The van der Waals surface area contributed by atoms with Gasteiger partial charge in [-0.15, -0.1) is 0 Å². The molecule has 7 rings (SSSR count). The molecule has 2 unspecified atom stereocenters. The summed E-state index contributed by atoms with van der Waals surface area (Å²) in [6, 6.07) is 18.6. The quantitative estimate of drug-likeness (QED) is 0.352. The summed E-state index contributed by atoms with van der Waals surface area (Å²) in [7, 11) is 0. The Labute approximate surface area is 215 Å². The lowest BCUT2D eigenvalue weighted by Gasteiger charge is -2.47. The van der Waals surface area contributed by atoms with Gasteiger partial charge < -0.3 is 9.64 Å². The zero-order valence-electron chi connectivity index (χ0n) is 20.5. The SMILES string of the molecule is O=C(c1cnc2ccnn2c1)C1CC2CCCC(C1)N2C(=O)OCC1c2ccccc2-c2ccccc21. The number of amides is 1. The first-order valence-electron chi connectivity index (χ1n) is 13.1. The van der Waals surface area contributed by atoms with Crippen molar-refractivity contribution in [2.24, 2.45) is 5.92 Å². The van der Waals surface area contributed by atoms with E-state index in [0.29, 0.717) is 25.0 Å². The summed E-state index contributed by atoms with van der Waals surface area (Å²) < 4.78 is 7.65. The second kappa shape index (κ2) is 8.83. The van der Waals surface area contributed by atoms with Gasteiger partial charge >= 0.3 is 6.09 Å². The van der Waals surface area contributed by atoms with E-state index in [1.165, 1.54) is 22.3 Å². The van der Waals surface area contributed by atoms with Gasteiger partial charge in [-0.05, 0) is 54.4 Å². The molecule has 2 saturated heterocycles. The maximum absolute atomic E-state index is 13.5. The fourth-order valence-electron chi connectivity index (χ4n) is 6.73. The average molecular weight is 493 g/mol. The molecule has 0 saturated carbocycles. The Morgan fingerprint density at radius 3 is 2.30 bits per heavy atom. The molecule has 2 atom stereocenters. The molecule has 0 N–H and O–H groups in total. The Hall–Kier alpha value is -4.00. The van der Waals surface area contributed by atoms with E-state index in [2.05, 4.69) is 46.5 Å². The molecule has 4 aromatic rings. The third kappa shape index (κ3) is 3.72. The minimum atomic E-state index is -0.248. The van der Waals surface area contributed by atoms with Crippen molar-refractivity contribution in [3.05, 3.63) is 89.9 Å². The Bertz CT molecular complexity index is 1450. The average Bonchev–Trinajstić information content (AvgIpc) is 3.53. The Morgan fingerprint density at radius 1 is 0.919 bits per heavy atom. The van der Waals surface area contributed by atoms with E-state index in [1.807, 2.05) is 23.1 Å². The summed E-state index contributed by atoms with van der Waals surface area (Å²) in [6.07, 6.45) is 9.04. The lowest BCUT2D eigenvalue weighted by Crippen LogP contribution is -2.55. The fraction of sp³-hybridized carbons (Fsp3) is 0.333. The second-order valence-corrected chi connectivity index (χ2v) is 10.5. The maximum atomic E-state index is 13.5. The van der Waals surface area contributed by atoms with Gasteiger partial charge in [0.05, 0.1) is 11.8 Å². The summed E-state index contributed by atoms with van der Waals surface area (Å²) in [6.45, 7) is 0.320. The topological polar surface area (TPSA) is 76.8 Å². The third-order valence-corrected chi connectivity index (χ3v) is 8.42. The minimum absolute atomic E-state index is 0.0264. The van der Waals surface area contributed by atoms with E-state index in [1.54, 1.807) is 23.1 Å². The molecular formula is C30H28N4O3. The van der Waals surface area contributed by atoms with Crippen LogP contribution < -0.4 is 0 Å². The normalized spacial score (nSPS) is 22.5. The Morgan fingerprint density at radius 2 is 1.59 bits per heavy atom. The molecule has 3 aliphatic rings. The first-order valence-corrected chi connectivity index (χ1v) is 13.1. The van der Waals surface area contributed by atoms with Crippen molar-refractivity contribution in [2.75, 3.05) is 6.61 Å². The van der Waals surface area contributed by atoms with E-state index in [9.17, 15) is 9.59 Å². The maximum Gasteiger partial charge on any atom is 0.410 e. The van der Waals surface area contributed by atoms with E-state index in [4.69, 9.17) is 4.74 Å². The van der Waals surface area contributed by atoms with Gasteiger partial charge in [0.15, 0.2) is 11.4 Å². The number of ether oxygens (including phenoxy) is 1. The van der Waals surface area contributed by atoms with Crippen LogP contribution in [0.5, 0.6) is 0 Å². The summed E-state index contributed by atoms with van der Waals surface area (Å²) in [5.74, 6) is 0.0109. The molecule has 186 valence electrons. The van der Waals surface area contributed by atoms with E-state index >= 15 is 0 Å². The fourth-order valence-corrected chi connectivity index (χ4v) is 6.73. The van der Waals surface area contributed by atoms with Crippen LogP contribution in [0.3, 0.4) is 0 Å². The van der Waals surface area contributed by atoms with Crippen LogP contribution in [-0.2, 0) is 4.74 Å². The Kier molecular flexibility index (Phi) is 5.30. The zero-order valence-corrected chi connectivity index (χ0v) is 20.5. The van der Waals surface area contributed by atoms with Crippen molar-refractivity contribution in [3.8, 4) is 11.1 Å². The second-order valence-electron chi connectivity index (χ2n) is 10.5. The molecule has 0 spiro atoms. The van der Waals surface area contributed by atoms with Gasteiger partial charge in [0.1, 0.15) is 6.61 Å². The lowest BCUT2D eigenvalue weighted by molar-refractivity contribution is 0.00649. The molecule has 2 aromatic carbocycles. The van der Waals surface area contributed by atoms with Crippen molar-refractivity contribution in [1.29, 1.82) is 0 Å². The number of nitrogens with zero attached hydrogens (tertiary/aromatic N) is 4. The standard InChI is InChI=1S/C30H28N4O3/c35-29(20-16-31-28-12-13-32-33(28)17-20)19-14-21-6-5-7-22(15-19)34(21)30(36)37-18-27-25-10-3-1-8-23(25)24-9-2-4-11-26(24)27/h1-4,8-13,16-17,19,21-22,27H,5-7,14-15,18H2. The van der Waals surface area contributed by atoms with Crippen LogP contribution in [0.1, 0.15) is 59.5 Å². The molecule has 7 heteroatoms. The van der Waals surface area contributed by atoms with Crippen molar-refractivity contribution in [3.63, 3.8) is 0 Å². The molecule has 37 heavy (non-hydrogen) atoms. The zero-order chi connectivity index (χ0) is 24.9. The number of hydrogen-bond donors (Lipinski definition) is 0. The number of fused-ring (bicyclic) bond motifs is 6. The van der Waals surface area contributed by atoms with Gasteiger partial charge in [-0.25, -0.2) is 14.3 Å². The highest BCUT2D eigenvalue weighted by molar-refractivity contribution is 5.97. The highest BCUT2D eigenvalue weighted by Gasteiger charge is 2.44. The number of hydrogen-bond acceptors (Lipinski definition) is 5. The predicted molar refractivity (Wildman–Crippen MR) is 138 cm³/mol. The first-order chi connectivity index (χ1) is 18.2. The molecule has 2 aromatic heterocycles. The highest BCUT2D eigenvalue weighted by Crippen LogP contribution is 2.45. The first kappa shape index (κ1) is 22.2. The van der Waals surface area contributed by atoms with Crippen LogP contribution in [0.4, 0.5) is 4.79 Å². The molecule has 1 amide bonds. The number of carbonyl (C=O) groups is 2. The predicted octanol–water partition coefficient (Wildman–Crippen LogP) is 5.49. The van der Waals surface area contributed by atoms with Crippen LogP contribution in [0.25, 0.3) is 16.8 Å². The van der Waals surface area contributed by atoms with Gasteiger partial charge in [-0.3, -0.25) is 4.79 Å². The molecule has 2 aliphatic heterocycles. The number of piperidine rings is 2. The minimum Gasteiger partial charge on any atom is -0.448 e. The smallest absolute Gasteiger partial charge is 0.410 e. The van der Waals surface area contributed by atoms with Crippen LogP contribution in [-0.4, -0.2) is 50.1 Å². The van der Waals surface area contributed by atoms with Gasteiger partial charge in [-0.1, -0.05) is 48.5 Å². The van der Waals surface area contributed by atoms with Crippen LogP contribution in [0.2, 0.25) is 0 Å². The van der Waals surface area contributed by atoms with Crippen molar-refractivity contribution >= 4 is 17.5 Å². The number of Topliss-reactive ketones (excluding diaryl/α,β-unsaturated/α-hetero) is 1. The number of aromatic nitrogens is 3. The monoisotopic (exact) mass is 492 g/mol. The van der Waals surface area contributed by atoms with Gasteiger partial charge in [0, 0.05) is 42.4 Å². The van der Waals surface area contributed by atoms with Crippen LogP contribution in [0.15, 0.2) is 73.2 Å². The van der Waals surface area contributed by atoms with Crippen molar-refractivity contribution in [1.82, 2.24) is 19.5 Å². The third-order valence-electron chi connectivity index (χ3n) is 8.42. The van der Waals surface area contributed by atoms with Crippen molar-refractivity contribution in [2.45, 2.75) is 50.1 Å². The number of ketones is 1. The van der Waals surface area contributed by atoms with Crippen LogP contribution >= 0.6 is 0 Å². The summed E-state index contributed by atoms with van der Waals surface area (Å²) >= 11 is 0. The van der Waals surface area contributed by atoms with E-state index in [0.717, 1.165) is 24.9 Å². The highest BCUT2D eigenvalue weighted by atomic mass is 16.6. The van der Waals surface area contributed by atoms with Gasteiger partial charge in [0.2, 0.25) is 0 Å². The molecule has 7 nitrogen and oxygen atoms in total. The number of benzene rings is 2. The largest absolute Gasteiger partial charge is 0.448 e. The van der Waals surface area contributed by atoms with Crippen LogP contribution in [0, 0.1) is 5.92 Å². The number of rotatable bonds is 4. The summed E-state index contributed by atoms with van der Waals surface area (Å²) in [4.78, 5) is 33.1. The van der Waals surface area contributed by atoms with E-state index < -0.39 is 0 Å². The molecular weight excluding hydrogens is 464 g/mol. The Balaban J connectivity index is 1.07. The molecule has 4 heterocycles. The lowest BCUT2D eigenvalue weighted by atomic mass is 9.76.